The van der Waals surface area contributed by atoms with Gasteiger partial charge in [-0.1, -0.05) is 55.8 Å². The monoisotopic (exact) mass is 690 g/mol. The van der Waals surface area contributed by atoms with E-state index >= 15 is 0 Å². The van der Waals surface area contributed by atoms with Gasteiger partial charge in [0.1, 0.15) is 18.5 Å². The molecule has 0 saturated carbocycles. The lowest BCUT2D eigenvalue weighted by Crippen LogP contribution is -2.35. The van der Waals surface area contributed by atoms with Gasteiger partial charge in [0.15, 0.2) is 6.04 Å². The molecule has 0 aliphatic carbocycles. The highest BCUT2D eigenvalue weighted by molar-refractivity contribution is 7.89. The molecule has 5 aromatic rings. The van der Waals surface area contributed by atoms with Crippen LogP contribution in [0.5, 0.6) is 0 Å². The summed E-state index contributed by atoms with van der Waals surface area (Å²) in [6.45, 7) is 0.351. The minimum atomic E-state index is -3.80. The number of para-hydroxylation sites is 1. The van der Waals surface area contributed by atoms with Crippen LogP contribution in [0.15, 0.2) is 89.3 Å². The maximum atomic E-state index is 14.1. The van der Waals surface area contributed by atoms with E-state index < -0.39 is 22.0 Å². The second-order valence-corrected chi connectivity index (χ2v) is 14.3. The number of amides is 1. The number of hydrogen-bond donors (Lipinski definition) is 1. The Labute approximate surface area is 284 Å². The summed E-state index contributed by atoms with van der Waals surface area (Å²) >= 11 is 6.42. The van der Waals surface area contributed by atoms with E-state index in [0.717, 1.165) is 49.3 Å². The molecule has 0 saturated heterocycles. The highest BCUT2D eigenvalue weighted by Gasteiger charge is 2.30. The summed E-state index contributed by atoms with van der Waals surface area (Å²) in [4.78, 5) is 40.8. The number of rotatable bonds is 16. The first-order valence-corrected chi connectivity index (χ1v) is 17.7. The van der Waals surface area contributed by atoms with Crippen molar-refractivity contribution < 1.29 is 13.2 Å². The number of carbonyl (C=O) groups excluding carboxylic acids is 1. The van der Waals surface area contributed by atoms with E-state index in [0.29, 0.717) is 23.9 Å². The lowest BCUT2D eigenvalue weighted by Gasteiger charge is -2.22. The first kappa shape index (κ1) is 34.9. The van der Waals surface area contributed by atoms with Crippen molar-refractivity contribution in [2.24, 2.45) is 0 Å². The van der Waals surface area contributed by atoms with E-state index in [-0.39, 0.29) is 27.0 Å². The molecule has 0 bridgehead atoms. The first-order chi connectivity index (χ1) is 23.2. The lowest BCUT2D eigenvalue weighted by molar-refractivity contribution is -0.118. The van der Waals surface area contributed by atoms with Crippen molar-refractivity contribution >= 4 is 44.1 Å². The Kier molecular flexibility index (Phi) is 11.7. The maximum absolute atomic E-state index is 14.1. The summed E-state index contributed by atoms with van der Waals surface area (Å²) in [6.07, 6.45) is 14.6. The van der Waals surface area contributed by atoms with Gasteiger partial charge in [0.05, 0.1) is 26.5 Å². The topological polar surface area (TPSA) is 145 Å². The number of nitrogens with zero attached hydrogens (tertiary/aromatic N) is 7. The number of unbranched alkanes of at least 4 members (excludes halogenated alkanes) is 6. The van der Waals surface area contributed by atoms with Crippen molar-refractivity contribution in [2.75, 3.05) is 19.4 Å². The molecule has 5 rings (SSSR count). The van der Waals surface area contributed by atoms with Gasteiger partial charge in [-0.05, 0) is 67.3 Å². The fraction of sp³-hybridized carbons (Fsp3) is 0.353. The number of benzene rings is 2. The zero-order valence-electron chi connectivity index (χ0n) is 27.0. The zero-order chi connectivity index (χ0) is 34.1. The molecule has 3 aromatic heterocycles. The number of aryl methyl sites for hydroxylation is 1. The van der Waals surface area contributed by atoms with Crippen molar-refractivity contribution in [3.05, 3.63) is 106 Å². The van der Waals surface area contributed by atoms with Gasteiger partial charge in [-0.25, -0.2) is 27.4 Å². The van der Waals surface area contributed by atoms with Gasteiger partial charge in [-0.15, -0.1) is 0 Å². The number of halogens is 1. The van der Waals surface area contributed by atoms with Crippen LogP contribution in [-0.2, 0) is 27.8 Å². The van der Waals surface area contributed by atoms with E-state index in [1.54, 1.807) is 24.3 Å². The van der Waals surface area contributed by atoms with Crippen LogP contribution in [0, 0.1) is 0 Å². The summed E-state index contributed by atoms with van der Waals surface area (Å²) in [6, 6.07) is 14.0. The highest BCUT2D eigenvalue weighted by Crippen LogP contribution is 2.28. The summed E-state index contributed by atoms with van der Waals surface area (Å²) in [7, 11) is -0.970. The predicted octanol–water partition coefficient (Wildman–Crippen LogP) is 5.49. The van der Waals surface area contributed by atoms with Gasteiger partial charge in [-0.2, -0.15) is 5.10 Å². The molecule has 0 radical (unpaired) electrons. The van der Waals surface area contributed by atoms with E-state index in [1.807, 2.05) is 12.4 Å². The molecule has 252 valence electrons. The van der Waals surface area contributed by atoms with Gasteiger partial charge in [-0.3, -0.25) is 19.1 Å². The normalized spacial score (nSPS) is 12.4. The summed E-state index contributed by atoms with van der Waals surface area (Å²) in [5.74, 6) is -0.435. The number of hydrogen-bond acceptors (Lipinski definition) is 8. The Hall–Kier alpha value is -4.46. The molecule has 3 heterocycles. The Balaban J connectivity index is 1.35. The Morgan fingerprint density at radius 1 is 0.938 bits per heavy atom. The van der Waals surface area contributed by atoms with Crippen LogP contribution < -0.4 is 10.9 Å². The summed E-state index contributed by atoms with van der Waals surface area (Å²) in [5, 5.41) is 7.56. The van der Waals surface area contributed by atoms with E-state index in [9.17, 15) is 18.0 Å². The molecular weight excluding hydrogens is 652 g/mol. The second-order valence-electron chi connectivity index (χ2n) is 11.7. The molecule has 2 aromatic carbocycles. The van der Waals surface area contributed by atoms with Crippen molar-refractivity contribution in [3.63, 3.8) is 0 Å². The highest BCUT2D eigenvalue weighted by atomic mass is 35.5. The van der Waals surface area contributed by atoms with Crippen LogP contribution in [-0.4, -0.2) is 62.0 Å². The first-order valence-electron chi connectivity index (χ1n) is 15.9. The largest absolute Gasteiger partial charge is 0.322 e. The van der Waals surface area contributed by atoms with Crippen molar-refractivity contribution in [2.45, 2.75) is 68.8 Å². The molecular formula is C34H39ClN8O4S. The van der Waals surface area contributed by atoms with Crippen LogP contribution in [0.25, 0.3) is 10.9 Å². The fourth-order valence-corrected chi connectivity index (χ4v) is 6.61. The number of fused-ring (bicyclic) bond motifs is 1. The number of nitrogens with one attached hydrogen (secondary N) is 1. The molecule has 1 amide bonds. The maximum Gasteiger partial charge on any atom is 0.261 e. The van der Waals surface area contributed by atoms with Crippen molar-refractivity contribution in [1.82, 2.24) is 33.6 Å². The quantitative estimate of drug-likeness (QED) is 0.134. The number of pyridine rings is 1. The van der Waals surface area contributed by atoms with Crippen molar-refractivity contribution in [1.29, 1.82) is 0 Å². The smallest absolute Gasteiger partial charge is 0.261 e. The molecule has 1 N–H and O–H groups in total. The van der Waals surface area contributed by atoms with Gasteiger partial charge >= 0.3 is 0 Å². The average Bonchev–Trinajstić information content (AvgIpc) is 3.61. The predicted molar refractivity (Wildman–Crippen MR) is 185 cm³/mol. The van der Waals surface area contributed by atoms with E-state index in [2.05, 4.69) is 32.5 Å². The van der Waals surface area contributed by atoms with Crippen LogP contribution >= 0.6 is 11.6 Å². The molecule has 48 heavy (non-hydrogen) atoms. The van der Waals surface area contributed by atoms with Crippen LogP contribution in [0.3, 0.4) is 0 Å². The third-order valence-electron chi connectivity index (χ3n) is 8.16. The van der Waals surface area contributed by atoms with Crippen LogP contribution in [0.4, 0.5) is 5.69 Å². The minimum Gasteiger partial charge on any atom is -0.322 e. The molecule has 1 unspecified atom stereocenters. The third kappa shape index (κ3) is 8.33. The third-order valence-corrected chi connectivity index (χ3v) is 10.3. The summed E-state index contributed by atoms with van der Waals surface area (Å²) in [5.41, 5.74) is 1.57. The molecule has 0 spiro atoms. The van der Waals surface area contributed by atoms with Crippen LogP contribution in [0.2, 0.25) is 5.02 Å². The molecule has 0 fully saturated rings. The summed E-state index contributed by atoms with van der Waals surface area (Å²) < 4.78 is 29.5. The fourth-order valence-electron chi connectivity index (χ4n) is 5.52. The van der Waals surface area contributed by atoms with Crippen molar-refractivity contribution in [3.8, 4) is 0 Å². The van der Waals surface area contributed by atoms with E-state index in [4.69, 9.17) is 16.6 Å². The Morgan fingerprint density at radius 2 is 1.65 bits per heavy atom. The molecule has 0 aliphatic rings. The number of anilines is 1. The molecule has 0 aliphatic heterocycles. The SMILES string of the molecule is CN(C)S(=O)(=O)c1ccc(Cl)c(NC(=O)C(c2nc3ccccc3c(=O)n2CCCCCCCCCc2ccncc2)n2cncn2)c1. The number of aromatic nitrogens is 6. The molecule has 12 nitrogen and oxygen atoms in total. The van der Waals surface area contributed by atoms with Gasteiger partial charge in [0.2, 0.25) is 10.0 Å². The van der Waals surface area contributed by atoms with Gasteiger partial charge in [0.25, 0.3) is 11.5 Å². The van der Waals surface area contributed by atoms with Gasteiger partial charge in [0, 0.05) is 33.0 Å². The Bertz CT molecular complexity index is 2000. The average molecular weight is 691 g/mol. The zero-order valence-corrected chi connectivity index (χ0v) is 28.6. The standard InChI is InChI=1S/C34H39ClN8O4S/c1-41(2)48(46,47)26-15-16-28(35)30(22-26)40-33(44)31(43-24-37-23-38-43)32-39-29-14-10-9-13-27(29)34(45)42(32)21-11-7-5-3-4-6-8-12-25-17-19-36-20-18-25/h9-10,13-20,22-24,31H,3-8,11-12,21H2,1-2H3,(H,40,44). The van der Waals surface area contributed by atoms with Gasteiger partial charge < -0.3 is 5.32 Å². The number of sulfonamides is 1. The second kappa shape index (κ2) is 16.1. The lowest BCUT2D eigenvalue weighted by atomic mass is 10.1. The number of carbonyl (C=O) groups is 1. The van der Waals surface area contributed by atoms with E-state index in [1.165, 1.54) is 59.8 Å². The van der Waals surface area contributed by atoms with Crippen LogP contribution in [0.1, 0.15) is 62.4 Å². The molecule has 14 heteroatoms. The Morgan fingerprint density at radius 3 is 2.35 bits per heavy atom. The molecule has 1 atom stereocenters. The minimum absolute atomic E-state index is 0.0426.